The Morgan fingerprint density at radius 3 is 2.69 bits per heavy atom. The second kappa shape index (κ2) is 3.87. The molecule has 1 saturated heterocycles. The van der Waals surface area contributed by atoms with E-state index in [2.05, 4.69) is 17.4 Å². The van der Waals surface area contributed by atoms with Crippen molar-refractivity contribution in [2.24, 2.45) is 0 Å². The van der Waals surface area contributed by atoms with Crippen LogP contribution in [-0.2, 0) is 4.74 Å². The van der Waals surface area contributed by atoms with Crippen LogP contribution in [0.25, 0.3) is 0 Å². The second-order valence-corrected chi connectivity index (χ2v) is 3.16. The quantitative estimate of drug-likeness (QED) is 0.665. The van der Waals surface area contributed by atoms with Crippen LogP contribution in [-0.4, -0.2) is 24.5 Å². The van der Waals surface area contributed by atoms with Gasteiger partial charge in [-0.05, 0) is 5.56 Å². The molecule has 2 rings (SSSR count). The van der Waals surface area contributed by atoms with Gasteiger partial charge in [0.1, 0.15) is 0 Å². The first kappa shape index (κ1) is 8.69. The Hall–Kier alpha value is -0.900. The number of β-amino-alcohol motifs (C(OH)–C–C–N with tert-alkyl or cyclic N) is 1. The van der Waals surface area contributed by atoms with Crippen molar-refractivity contribution in [1.29, 1.82) is 0 Å². The lowest BCUT2D eigenvalue weighted by Gasteiger charge is -2.27. The lowest BCUT2D eigenvalue weighted by molar-refractivity contribution is -0.126. The number of morpholine rings is 1. The first-order chi connectivity index (χ1) is 6.36. The molecule has 3 heteroatoms. The highest BCUT2D eigenvalue weighted by Crippen LogP contribution is 2.16. The fourth-order valence-electron chi connectivity index (χ4n) is 1.47. The molecule has 1 aliphatic heterocycles. The number of hydrogen-bond donors (Lipinski definition) is 2. The molecule has 70 valence electrons. The zero-order valence-corrected chi connectivity index (χ0v) is 7.31. The van der Waals surface area contributed by atoms with Gasteiger partial charge in [0.15, 0.2) is 6.29 Å². The third kappa shape index (κ3) is 2.06. The third-order valence-electron chi connectivity index (χ3n) is 2.20. The van der Waals surface area contributed by atoms with Crippen LogP contribution in [0, 0.1) is 0 Å². The summed E-state index contributed by atoms with van der Waals surface area (Å²) in [6, 6.07) is 10.3. The summed E-state index contributed by atoms with van der Waals surface area (Å²) in [6.07, 6.45) is -0.653. The van der Waals surface area contributed by atoms with Crippen molar-refractivity contribution in [3.8, 4) is 0 Å². The summed E-state index contributed by atoms with van der Waals surface area (Å²) in [5, 5.41) is 12.3. The second-order valence-electron chi connectivity index (χ2n) is 3.16. The third-order valence-corrected chi connectivity index (χ3v) is 2.20. The summed E-state index contributed by atoms with van der Waals surface area (Å²) in [6.45, 7) is 1.03. The van der Waals surface area contributed by atoms with Gasteiger partial charge in [-0.3, -0.25) is 0 Å². The minimum Gasteiger partial charge on any atom is -0.367 e. The highest BCUT2D eigenvalue weighted by molar-refractivity contribution is 5.19. The molecule has 0 amide bonds. The van der Waals surface area contributed by atoms with Crippen molar-refractivity contribution in [2.45, 2.75) is 12.3 Å². The van der Waals surface area contributed by atoms with Crippen LogP contribution in [0.15, 0.2) is 30.3 Å². The van der Waals surface area contributed by atoms with Gasteiger partial charge in [0.05, 0.1) is 12.6 Å². The van der Waals surface area contributed by atoms with Crippen molar-refractivity contribution in [3.63, 3.8) is 0 Å². The number of benzene rings is 1. The van der Waals surface area contributed by atoms with E-state index in [1.54, 1.807) is 0 Å². The molecule has 2 atom stereocenters. The van der Waals surface area contributed by atoms with Crippen LogP contribution < -0.4 is 5.32 Å². The largest absolute Gasteiger partial charge is 0.367 e. The summed E-state index contributed by atoms with van der Waals surface area (Å²) >= 11 is 0. The van der Waals surface area contributed by atoms with Crippen LogP contribution in [0.3, 0.4) is 0 Å². The maximum atomic E-state index is 9.09. The van der Waals surface area contributed by atoms with E-state index in [0.717, 1.165) is 0 Å². The van der Waals surface area contributed by atoms with E-state index < -0.39 is 6.29 Å². The lowest BCUT2D eigenvalue weighted by Crippen LogP contribution is -2.40. The standard InChI is InChI=1S/C10H13NO2/c12-10-6-11-9(7-13-10)8-4-2-1-3-5-8/h1-5,9-12H,6-7H2/t9-,10?/m0/s1. The highest BCUT2D eigenvalue weighted by atomic mass is 16.6. The van der Waals surface area contributed by atoms with Crippen LogP contribution in [0.5, 0.6) is 0 Å². The van der Waals surface area contributed by atoms with Gasteiger partial charge in [0, 0.05) is 6.54 Å². The molecule has 0 bridgehead atoms. The molecular formula is C10H13NO2. The van der Waals surface area contributed by atoms with Gasteiger partial charge >= 0.3 is 0 Å². The smallest absolute Gasteiger partial charge is 0.167 e. The Balaban J connectivity index is 2.03. The molecule has 0 aromatic heterocycles. The predicted molar refractivity (Wildman–Crippen MR) is 49.1 cm³/mol. The summed E-state index contributed by atoms with van der Waals surface area (Å²) < 4.78 is 5.14. The predicted octanol–water partition coefficient (Wildman–Crippen LogP) is 0.666. The molecule has 0 spiro atoms. The van der Waals surface area contributed by atoms with E-state index in [9.17, 15) is 0 Å². The number of hydrogen-bond acceptors (Lipinski definition) is 3. The van der Waals surface area contributed by atoms with Gasteiger partial charge in [-0.15, -0.1) is 0 Å². The Kier molecular flexibility index (Phi) is 2.59. The minimum atomic E-state index is -0.653. The van der Waals surface area contributed by atoms with E-state index in [1.807, 2.05) is 18.2 Å². The number of aliphatic hydroxyl groups excluding tert-OH is 1. The molecule has 0 saturated carbocycles. The summed E-state index contributed by atoms with van der Waals surface area (Å²) in [5.74, 6) is 0. The fourth-order valence-corrected chi connectivity index (χ4v) is 1.47. The first-order valence-corrected chi connectivity index (χ1v) is 4.44. The number of ether oxygens (including phenoxy) is 1. The van der Waals surface area contributed by atoms with Gasteiger partial charge in [0.2, 0.25) is 0 Å². The van der Waals surface area contributed by atoms with Crippen LogP contribution in [0.1, 0.15) is 11.6 Å². The molecule has 1 aliphatic rings. The highest BCUT2D eigenvalue weighted by Gasteiger charge is 2.19. The van der Waals surface area contributed by atoms with Gasteiger partial charge < -0.3 is 15.2 Å². The molecule has 0 aliphatic carbocycles. The van der Waals surface area contributed by atoms with E-state index in [1.165, 1.54) is 5.56 Å². The van der Waals surface area contributed by atoms with Crippen LogP contribution in [0.4, 0.5) is 0 Å². The first-order valence-electron chi connectivity index (χ1n) is 4.44. The summed E-state index contributed by atoms with van der Waals surface area (Å²) in [7, 11) is 0. The number of nitrogens with one attached hydrogen (secondary N) is 1. The number of rotatable bonds is 1. The van der Waals surface area contributed by atoms with Gasteiger partial charge in [0.25, 0.3) is 0 Å². The zero-order valence-electron chi connectivity index (χ0n) is 7.31. The molecule has 1 aromatic carbocycles. The van der Waals surface area contributed by atoms with Gasteiger partial charge in [-0.25, -0.2) is 0 Å². The molecular weight excluding hydrogens is 166 g/mol. The molecule has 3 nitrogen and oxygen atoms in total. The van der Waals surface area contributed by atoms with Crippen molar-refractivity contribution in [1.82, 2.24) is 5.32 Å². The van der Waals surface area contributed by atoms with Crippen LogP contribution in [0.2, 0.25) is 0 Å². The normalized spacial score (nSPS) is 28.7. The number of aliphatic hydroxyl groups is 1. The topological polar surface area (TPSA) is 41.5 Å². The average molecular weight is 179 g/mol. The minimum absolute atomic E-state index is 0.213. The van der Waals surface area contributed by atoms with Crippen molar-refractivity contribution >= 4 is 0 Å². The maximum Gasteiger partial charge on any atom is 0.167 e. The van der Waals surface area contributed by atoms with Crippen molar-refractivity contribution in [2.75, 3.05) is 13.2 Å². The molecule has 13 heavy (non-hydrogen) atoms. The summed E-state index contributed by atoms with van der Waals surface area (Å²) in [5.41, 5.74) is 1.20. The lowest BCUT2D eigenvalue weighted by atomic mass is 10.1. The van der Waals surface area contributed by atoms with Crippen molar-refractivity contribution < 1.29 is 9.84 Å². The van der Waals surface area contributed by atoms with Gasteiger partial charge in [-0.1, -0.05) is 30.3 Å². The Bertz CT molecular complexity index is 255. The molecule has 0 radical (unpaired) electrons. The van der Waals surface area contributed by atoms with E-state index in [4.69, 9.17) is 9.84 Å². The Labute approximate surface area is 77.3 Å². The Morgan fingerprint density at radius 2 is 2.08 bits per heavy atom. The average Bonchev–Trinajstić information content (AvgIpc) is 2.20. The van der Waals surface area contributed by atoms with Crippen LogP contribution >= 0.6 is 0 Å². The van der Waals surface area contributed by atoms with Crippen molar-refractivity contribution in [3.05, 3.63) is 35.9 Å². The molecule has 1 unspecified atom stereocenters. The molecule has 1 fully saturated rings. The van der Waals surface area contributed by atoms with E-state index in [-0.39, 0.29) is 6.04 Å². The van der Waals surface area contributed by atoms with E-state index >= 15 is 0 Å². The summed E-state index contributed by atoms with van der Waals surface area (Å²) in [4.78, 5) is 0. The SMILES string of the molecule is OC1CN[C@H](c2ccccc2)CO1. The fraction of sp³-hybridized carbons (Fsp3) is 0.400. The maximum absolute atomic E-state index is 9.09. The zero-order chi connectivity index (χ0) is 9.10. The monoisotopic (exact) mass is 179 g/mol. The molecule has 1 heterocycles. The molecule has 1 aromatic rings. The Morgan fingerprint density at radius 1 is 1.31 bits per heavy atom. The van der Waals surface area contributed by atoms with E-state index in [0.29, 0.717) is 13.2 Å². The molecule has 2 N–H and O–H groups in total. The van der Waals surface area contributed by atoms with Gasteiger partial charge in [-0.2, -0.15) is 0 Å².